The number of rotatable bonds is 6. The van der Waals surface area contributed by atoms with Crippen LogP contribution in [-0.2, 0) is 9.47 Å². The van der Waals surface area contributed by atoms with Crippen LogP contribution in [0.3, 0.4) is 0 Å². The standard InChI is InChI=1S/C14H28N2O2/c1-14(6-2-10-17-12-14)16-7-3-11-18-13-4-8-15-9-5-13/h13,15-16H,2-12H2,1H3. The molecule has 2 heterocycles. The monoisotopic (exact) mass is 256 g/mol. The molecule has 1 unspecified atom stereocenters. The molecule has 1 atom stereocenters. The highest BCUT2D eigenvalue weighted by molar-refractivity contribution is 4.85. The van der Waals surface area contributed by atoms with Crippen molar-refractivity contribution in [3.63, 3.8) is 0 Å². The Morgan fingerprint density at radius 2 is 2.22 bits per heavy atom. The summed E-state index contributed by atoms with van der Waals surface area (Å²) in [6.45, 7) is 8.17. The lowest BCUT2D eigenvalue weighted by Gasteiger charge is -2.34. The van der Waals surface area contributed by atoms with Crippen LogP contribution in [0.15, 0.2) is 0 Å². The molecule has 0 aromatic carbocycles. The van der Waals surface area contributed by atoms with Gasteiger partial charge < -0.3 is 20.1 Å². The molecule has 2 aliphatic rings. The van der Waals surface area contributed by atoms with E-state index in [-0.39, 0.29) is 5.54 Å². The molecule has 2 aliphatic heterocycles. The fourth-order valence-electron chi connectivity index (χ4n) is 2.75. The minimum atomic E-state index is 0.188. The van der Waals surface area contributed by atoms with Gasteiger partial charge in [0, 0.05) is 18.8 Å². The van der Waals surface area contributed by atoms with Crippen molar-refractivity contribution in [3.05, 3.63) is 0 Å². The maximum Gasteiger partial charge on any atom is 0.0645 e. The third-order valence-electron chi connectivity index (χ3n) is 3.95. The topological polar surface area (TPSA) is 42.5 Å². The van der Waals surface area contributed by atoms with Crippen LogP contribution in [0.5, 0.6) is 0 Å². The summed E-state index contributed by atoms with van der Waals surface area (Å²) >= 11 is 0. The van der Waals surface area contributed by atoms with Gasteiger partial charge in [0.25, 0.3) is 0 Å². The Kier molecular flexibility index (Phi) is 5.89. The molecule has 0 aliphatic carbocycles. The normalized spacial score (nSPS) is 30.5. The van der Waals surface area contributed by atoms with Gasteiger partial charge in [-0.3, -0.25) is 0 Å². The van der Waals surface area contributed by atoms with E-state index >= 15 is 0 Å². The quantitative estimate of drug-likeness (QED) is 0.703. The van der Waals surface area contributed by atoms with Crippen LogP contribution in [-0.4, -0.2) is 51.1 Å². The number of hydrogen-bond acceptors (Lipinski definition) is 4. The smallest absolute Gasteiger partial charge is 0.0645 e. The van der Waals surface area contributed by atoms with Gasteiger partial charge in [0.05, 0.1) is 12.7 Å². The second kappa shape index (κ2) is 7.43. The molecular weight excluding hydrogens is 228 g/mol. The van der Waals surface area contributed by atoms with Gasteiger partial charge >= 0.3 is 0 Å². The molecule has 2 fully saturated rings. The van der Waals surface area contributed by atoms with Gasteiger partial charge in [-0.2, -0.15) is 0 Å². The molecule has 0 saturated carbocycles. The molecule has 0 aromatic heterocycles. The average molecular weight is 256 g/mol. The van der Waals surface area contributed by atoms with Gasteiger partial charge in [-0.05, 0) is 58.7 Å². The molecule has 0 bridgehead atoms. The highest BCUT2D eigenvalue weighted by Gasteiger charge is 2.26. The van der Waals surface area contributed by atoms with Crippen LogP contribution in [0.25, 0.3) is 0 Å². The highest BCUT2D eigenvalue weighted by Crippen LogP contribution is 2.18. The summed E-state index contributed by atoms with van der Waals surface area (Å²) in [7, 11) is 0. The van der Waals surface area contributed by atoms with Crippen molar-refractivity contribution in [2.45, 2.75) is 50.7 Å². The maximum atomic E-state index is 5.89. The van der Waals surface area contributed by atoms with E-state index in [9.17, 15) is 0 Å². The van der Waals surface area contributed by atoms with E-state index in [0.29, 0.717) is 6.10 Å². The van der Waals surface area contributed by atoms with E-state index in [1.807, 2.05) is 0 Å². The zero-order chi connectivity index (χ0) is 12.7. The zero-order valence-electron chi connectivity index (χ0n) is 11.7. The van der Waals surface area contributed by atoms with Crippen molar-refractivity contribution in [2.75, 3.05) is 39.5 Å². The van der Waals surface area contributed by atoms with Crippen molar-refractivity contribution < 1.29 is 9.47 Å². The van der Waals surface area contributed by atoms with Crippen molar-refractivity contribution in [3.8, 4) is 0 Å². The Hall–Kier alpha value is -0.160. The van der Waals surface area contributed by atoms with Gasteiger partial charge in [-0.1, -0.05) is 0 Å². The van der Waals surface area contributed by atoms with Crippen LogP contribution in [0.2, 0.25) is 0 Å². The molecule has 0 aromatic rings. The Morgan fingerprint density at radius 3 is 2.94 bits per heavy atom. The summed E-state index contributed by atoms with van der Waals surface area (Å²) in [5.41, 5.74) is 0.188. The van der Waals surface area contributed by atoms with E-state index < -0.39 is 0 Å². The Bertz CT molecular complexity index is 224. The Morgan fingerprint density at radius 1 is 1.39 bits per heavy atom. The lowest BCUT2D eigenvalue weighted by Crippen LogP contribution is -2.49. The first kappa shape index (κ1) is 14.3. The molecular formula is C14H28N2O2. The maximum absolute atomic E-state index is 5.89. The molecule has 0 spiro atoms. The van der Waals surface area contributed by atoms with Gasteiger partial charge in [0.2, 0.25) is 0 Å². The van der Waals surface area contributed by atoms with E-state index in [0.717, 1.165) is 45.9 Å². The predicted molar refractivity (Wildman–Crippen MR) is 72.9 cm³/mol. The fourth-order valence-corrected chi connectivity index (χ4v) is 2.75. The third-order valence-corrected chi connectivity index (χ3v) is 3.95. The van der Waals surface area contributed by atoms with E-state index in [1.54, 1.807) is 0 Å². The van der Waals surface area contributed by atoms with E-state index in [1.165, 1.54) is 25.7 Å². The first-order valence-electron chi connectivity index (χ1n) is 7.44. The number of ether oxygens (including phenoxy) is 2. The zero-order valence-corrected chi connectivity index (χ0v) is 11.7. The molecule has 4 heteroatoms. The summed E-state index contributed by atoms with van der Waals surface area (Å²) in [5, 5.41) is 6.98. The Labute approximate surface area is 111 Å². The first-order chi connectivity index (χ1) is 8.79. The summed E-state index contributed by atoms with van der Waals surface area (Å²) in [6, 6.07) is 0. The summed E-state index contributed by atoms with van der Waals surface area (Å²) in [6.07, 6.45) is 6.31. The molecule has 2 saturated heterocycles. The second-order valence-electron chi connectivity index (χ2n) is 5.82. The molecule has 0 amide bonds. The average Bonchev–Trinajstić information content (AvgIpc) is 2.40. The number of piperidine rings is 1. The van der Waals surface area contributed by atoms with Gasteiger partial charge in [0.15, 0.2) is 0 Å². The van der Waals surface area contributed by atoms with E-state index in [4.69, 9.17) is 9.47 Å². The van der Waals surface area contributed by atoms with Gasteiger partial charge in [-0.25, -0.2) is 0 Å². The molecule has 2 rings (SSSR count). The minimum absolute atomic E-state index is 0.188. The van der Waals surface area contributed by atoms with Crippen LogP contribution in [0.4, 0.5) is 0 Å². The van der Waals surface area contributed by atoms with Crippen molar-refractivity contribution in [1.82, 2.24) is 10.6 Å². The second-order valence-corrected chi connectivity index (χ2v) is 5.82. The van der Waals surface area contributed by atoms with Crippen molar-refractivity contribution in [1.29, 1.82) is 0 Å². The fraction of sp³-hybridized carbons (Fsp3) is 1.00. The van der Waals surface area contributed by atoms with Crippen molar-refractivity contribution in [2.24, 2.45) is 0 Å². The summed E-state index contributed by atoms with van der Waals surface area (Å²) in [5.74, 6) is 0. The SMILES string of the molecule is CC1(NCCCOC2CCNCC2)CCCOC1. The van der Waals surface area contributed by atoms with Crippen LogP contribution in [0, 0.1) is 0 Å². The van der Waals surface area contributed by atoms with E-state index in [2.05, 4.69) is 17.6 Å². The molecule has 2 N–H and O–H groups in total. The largest absolute Gasteiger partial charge is 0.380 e. The predicted octanol–water partition coefficient (Wildman–Crippen LogP) is 1.30. The minimum Gasteiger partial charge on any atom is -0.380 e. The van der Waals surface area contributed by atoms with Gasteiger partial charge in [-0.15, -0.1) is 0 Å². The molecule has 18 heavy (non-hydrogen) atoms. The Balaban J connectivity index is 1.50. The third kappa shape index (κ3) is 4.84. The molecule has 4 nitrogen and oxygen atoms in total. The van der Waals surface area contributed by atoms with Gasteiger partial charge in [0.1, 0.15) is 0 Å². The highest BCUT2D eigenvalue weighted by atomic mass is 16.5. The van der Waals surface area contributed by atoms with Crippen molar-refractivity contribution >= 4 is 0 Å². The van der Waals surface area contributed by atoms with Crippen LogP contribution < -0.4 is 10.6 Å². The molecule has 0 radical (unpaired) electrons. The summed E-state index contributed by atoms with van der Waals surface area (Å²) in [4.78, 5) is 0. The lowest BCUT2D eigenvalue weighted by atomic mass is 9.95. The number of nitrogens with one attached hydrogen (secondary N) is 2. The first-order valence-corrected chi connectivity index (χ1v) is 7.44. The lowest BCUT2D eigenvalue weighted by molar-refractivity contribution is 0.0188. The summed E-state index contributed by atoms with van der Waals surface area (Å²) < 4.78 is 11.4. The molecule has 106 valence electrons. The van der Waals surface area contributed by atoms with Crippen LogP contribution >= 0.6 is 0 Å². The van der Waals surface area contributed by atoms with Crippen LogP contribution in [0.1, 0.15) is 39.0 Å². The number of hydrogen-bond donors (Lipinski definition) is 2.